The molecule has 122 valence electrons. The van der Waals surface area contributed by atoms with Crippen molar-refractivity contribution >= 4 is 0 Å². The Morgan fingerprint density at radius 1 is 0.955 bits per heavy atom. The number of benzene rings is 1. The Kier molecular flexibility index (Phi) is 6.66. The predicted molar refractivity (Wildman–Crippen MR) is 91.8 cm³/mol. The maximum absolute atomic E-state index is 6.23. The zero-order valence-electron chi connectivity index (χ0n) is 14.4. The van der Waals surface area contributed by atoms with Crippen LogP contribution in [0.2, 0.25) is 0 Å². The van der Waals surface area contributed by atoms with Gasteiger partial charge in [-0.3, -0.25) is 0 Å². The van der Waals surface area contributed by atoms with Crippen molar-refractivity contribution in [3.05, 3.63) is 47.5 Å². The van der Waals surface area contributed by atoms with E-state index in [0.29, 0.717) is 25.0 Å². The van der Waals surface area contributed by atoms with Gasteiger partial charge in [0, 0.05) is 0 Å². The summed E-state index contributed by atoms with van der Waals surface area (Å²) in [4.78, 5) is 0. The van der Waals surface area contributed by atoms with Gasteiger partial charge in [-0.25, -0.2) is 0 Å². The Bertz CT molecular complexity index is 462. The molecule has 0 saturated heterocycles. The van der Waals surface area contributed by atoms with Crippen LogP contribution in [0, 0.1) is 11.8 Å². The summed E-state index contributed by atoms with van der Waals surface area (Å²) in [5.74, 6) is 1.30. The Labute approximate surface area is 135 Å². The van der Waals surface area contributed by atoms with Gasteiger partial charge in [-0.15, -0.1) is 0 Å². The highest BCUT2D eigenvalue weighted by Crippen LogP contribution is 2.28. The van der Waals surface area contributed by atoms with Crippen molar-refractivity contribution in [1.82, 2.24) is 0 Å². The summed E-state index contributed by atoms with van der Waals surface area (Å²) in [6, 6.07) is 10.3. The third-order valence-electron chi connectivity index (χ3n) is 3.92. The third kappa shape index (κ3) is 5.58. The van der Waals surface area contributed by atoms with Crippen molar-refractivity contribution in [2.75, 3.05) is 6.61 Å². The van der Waals surface area contributed by atoms with Gasteiger partial charge in [0.05, 0.1) is 25.4 Å². The number of ether oxygens (including phenoxy) is 2. The number of rotatable bonds is 8. The van der Waals surface area contributed by atoms with E-state index in [4.69, 9.17) is 9.47 Å². The molecule has 1 aromatic carbocycles. The van der Waals surface area contributed by atoms with E-state index in [2.05, 4.69) is 58.0 Å². The maximum Gasteiger partial charge on any atom is 0.0818 e. The van der Waals surface area contributed by atoms with Crippen LogP contribution in [0.25, 0.3) is 0 Å². The molecule has 1 heterocycles. The van der Waals surface area contributed by atoms with Gasteiger partial charge < -0.3 is 9.47 Å². The van der Waals surface area contributed by atoms with Gasteiger partial charge >= 0.3 is 0 Å². The fourth-order valence-electron chi connectivity index (χ4n) is 2.91. The van der Waals surface area contributed by atoms with Gasteiger partial charge in [0.15, 0.2) is 0 Å². The Morgan fingerprint density at radius 2 is 1.64 bits per heavy atom. The molecule has 0 spiro atoms. The summed E-state index contributed by atoms with van der Waals surface area (Å²) in [5.41, 5.74) is 2.55. The minimum atomic E-state index is 0.236. The average molecular weight is 302 g/mol. The summed E-state index contributed by atoms with van der Waals surface area (Å²) in [6.07, 6.45) is 4.97. The fraction of sp³-hybridized carbons (Fsp3) is 0.600. The Hall–Kier alpha value is -1.12. The van der Waals surface area contributed by atoms with Crippen LogP contribution in [0.15, 0.2) is 42.0 Å². The third-order valence-corrected chi connectivity index (χ3v) is 3.92. The van der Waals surface area contributed by atoms with Gasteiger partial charge in [-0.1, -0.05) is 64.1 Å². The van der Waals surface area contributed by atoms with E-state index in [1.165, 1.54) is 11.1 Å². The van der Waals surface area contributed by atoms with Crippen molar-refractivity contribution in [3.8, 4) is 0 Å². The highest BCUT2D eigenvalue weighted by molar-refractivity contribution is 5.18. The van der Waals surface area contributed by atoms with Crippen molar-refractivity contribution < 1.29 is 9.47 Å². The highest BCUT2D eigenvalue weighted by Gasteiger charge is 2.28. The van der Waals surface area contributed by atoms with Crippen molar-refractivity contribution in [2.45, 2.75) is 59.4 Å². The van der Waals surface area contributed by atoms with E-state index in [9.17, 15) is 0 Å². The van der Waals surface area contributed by atoms with Crippen LogP contribution in [0.3, 0.4) is 0 Å². The lowest BCUT2D eigenvalue weighted by Gasteiger charge is -2.19. The molecule has 0 N–H and O–H groups in total. The van der Waals surface area contributed by atoms with Gasteiger partial charge in [-0.05, 0) is 35.8 Å². The molecule has 0 aromatic heterocycles. The van der Waals surface area contributed by atoms with Gasteiger partial charge in [-0.2, -0.15) is 0 Å². The van der Waals surface area contributed by atoms with E-state index in [0.717, 1.165) is 12.8 Å². The normalized spacial score (nSPS) is 21.6. The fourth-order valence-corrected chi connectivity index (χ4v) is 2.91. The molecule has 0 radical (unpaired) electrons. The SMILES string of the molecule is CC(C)CC1C=C(COCc2ccccc2)C(CC(C)C)O1. The average Bonchev–Trinajstić information content (AvgIpc) is 2.80. The van der Waals surface area contributed by atoms with Crippen molar-refractivity contribution in [1.29, 1.82) is 0 Å². The summed E-state index contributed by atoms with van der Waals surface area (Å²) in [7, 11) is 0. The summed E-state index contributed by atoms with van der Waals surface area (Å²) in [5, 5.41) is 0. The molecular formula is C20H30O2. The van der Waals surface area contributed by atoms with E-state index >= 15 is 0 Å². The number of hydrogen-bond acceptors (Lipinski definition) is 2. The molecular weight excluding hydrogens is 272 g/mol. The summed E-state index contributed by atoms with van der Waals surface area (Å²) in [6.45, 7) is 10.3. The summed E-state index contributed by atoms with van der Waals surface area (Å²) < 4.78 is 12.1. The van der Waals surface area contributed by atoms with Crippen LogP contribution >= 0.6 is 0 Å². The lowest BCUT2D eigenvalue weighted by molar-refractivity contribution is 0.0263. The smallest absolute Gasteiger partial charge is 0.0818 e. The van der Waals surface area contributed by atoms with Gasteiger partial charge in [0.25, 0.3) is 0 Å². The van der Waals surface area contributed by atoms with Crippen LogP contribution < -0.4 is 0 Å². The first-order valence-electron chi connectivity index (χ1n) is 8.52. The first kappa shape index (κ1) is 17.2. The molecule has 2 heteroatoms. The topological polar surface area (TPSA) is 18.5 Å². The molecule has 1 aliphatic heterocycles. The molecule has 22 heavy (non-hydrogen) atoms. The van der Waals surface area contributed by atoms with Crippen LogP contribution in [0.1, 0.15) is 46.1 Å². The van der Waals surface area contributed by atoms with Gasteiger partial charge in [0.1, 0.15) is 0 Å². The highest BCUT2D eigenvalue weighted by atomic mass is 16.5. The van der Waals surface area contributed by atoms with Crippen LogP contribution in [-0.4, -0.2) is 18.8 Å². The second-order valence-corrected chi connectivity index (χ2v) is 7.14. The second-order valence-electron chi connectivity index (χ2n) is 7.14. The Morgan fingerprint density at radius 3 is 2.27 bits per heavy atom. The van der Waals surface area contributed by atoms with E-state index in [-0.39, 0.29) is 12.2 Å². The van der Waals surface area contributed by atoms with Crippen molar-refractivity contribution in [3.63, 3.8) is 0 Å². The zero-order valence-corrected chi connectivity index (χ0v) is 14.4. The maximum atomic E-state index is 6.23. The Balaban J connectivity index is 1.89. The minimum absolute atomic E-state index is 0.236. The van der Waals surface area contributed by atoms with E-state index in [1.54, 1.807) is 0 Å². The molecule has 2 nitrogen and oxygen atoms in total. The minimum Gasteiger partial charge on any atom is -0.372 e. The number of hydrogen-bond donors (Lipinski definition) is 0. The van der Waals surface area contributed by atoms with Crippen LogP contribution in [0.4, 0.5) is 0 Å². The largest absolute Gasteiger partial charge is 0.372 e. The quantitative estimate of drug-likeness (QED) is 0.630. The zero-order chi connectivity index (χ0) is 15.9. The molecule has 2 rings (SSSR count). The standard InChI is InChI=1S/C20H30O2/c1-15(2)10-19-12-18(20(22-19)11-16(3)4)14-21-13-17-8-6-5-7-9-17/h5-9,12,15-16,19-20H,10-11,13-14H2,1-4H3. The molecule has 0 saturated carbocycles. The molecule has 2 atom stereocenters. The molecule has 1 aromatic rings. The second kappa shape index (κ2) is 8.50. The first-order valence-corrected chi connectivity index (χ1v) is 8.52. The van der Waals surface area contributed by atoms with E-state index < -0.39 is 0 Å². The first-order chi connectivity index (χ1) is 10.5. The van der Waals surface area contributed by atoms with Crippen LogP contribution in [-0.2, 0) is 16.1 Å². The molecule has 1 aliphatic rings. The van der Waals surface area contributed by atoms with Gasteiger partial charge in [0.2, 0.25) is 0 Å². The predicted octanol–water partition coefficient (Wildman–Crippen LogP) is 4.99. The van der Waals surface area contributed by atoms with E-state index in [1.807, 2.05) is 6.07 Å². The molecule has 2 unspecified atom stereocenters. The molecule has 0 fully saturated rings. The molecule has 0 aliphatic carbocycles. The molecule has 0 bridgehead atoms. The lowest BCUT2D eigenvalue weighted by Crippen LogP contribution is -2.19. The molecule has 0 amide bonds. The van der Waals surface area contributed by atoms with Crippen LogP contribution in [0.5, 0.6) is 0 Å². The lowest BCUT2D eigenvalue weighted by atomic mass is 10.00. The monoisotopic (exact) mass is 302 g/mol. The van der Waals surface area contributed by atoms with Crippen molar-refractivity contribution in [2.24, 2.45) is 11.8 Å². The summed E-state index contributed by atoms with van der Waals surface area (Å²) >= 11 is 0.